The number of anilines is 1. The molecular formula is C14H21N3O. The van der Waals surface area contributed by atoms with Crippen molar-refractivity contribution in [3.8, 4) is 0 Å². The van der Waals surface area contributed by atoms with E-state index < -0.39 is 0 Å². The average Bonchev–Trinajstić information content (AvgIpc) is 3.18. The number of carbonyl (C=O) groups is 1. The molecule has 1 aliphatic rings. The van der Waals surface area contributed by atoms with Crippen molar-refractivity contribution in [2.45, 2.75) is 38.4 Å². The van der Waals surface area contributed by atoms with E-state index in [1.807, 2.05) is 25.1 Å². The van der Waals surface area contributed by atoms with Gasteiger partial charge in [-0.25, -0.2) is 0 Å². The van der Waals surface area contributed by atoms with Crippen molar-refractivity contribution in [2.75, 3.05) is 12.8 Å². The van der Waals surface area contributed by atoms with Crippen LogP contribution < -0.4 is 11.1 Å². The summed E-state index contributed by atoms with van der Waals surface area (Å²) in [6.45, 7) is 2.74. The van der Waals surface area contributed by atoms with Crippen LogP contribution in [-0.4, -0.2) is 29.9 Å². The van der Waals surface area contributed by atoms with E-state index in [2.05, 4.69) is 16.3 Å². The van der Waals surface area contributed by atoms with E-state index in [1.54, 1.807) is 7.05 Å². The molecule has 2 rings (SSSR count). The molecule has 1 amide bonds. The van der Waals surface area contributed by atoms with Gasteiger partial charge in [-0.2, -0.15) is 0 Å². The molecule has 0 bridgehead atoms. The maximum absolute atomic E-state index is 11.8. The standard InChI is InChI=1S/C14H21N3O/c1-10(14(18)16-2)17(13-6-7-13)9-11-4-3-5-12(15)8-11/h3-5,8,10,13H,6-7,9,15H2,1-2H3,(H,16,18). The van der Waals surface area contributed by atoms with Gasteiger partial charge in [-0.05, 0) is 37.5 Å². The Balaban J connectivity index is 2.09. The lowest BCUT2D eigenvalue weighted by molar-refractivity contribution is -0.125. The summed E-state index contributed by atoms with van der Waals surface area (Å²) < 4.78 is 0. The number of hydrogen-bond acceptors (Lipinski definition) is 3. The Hall–Kier alpha value is -1.55. The van der Waals surface area contributed by atoms with Crippen molar-refractivity contribution in [1.29, 1.82) is 0 Å². The fourth-order valence-electron chi connectivity index (χ4n) is 2.25. The molecule has 98 valence electrons. The summed E-state index contributed by atoms with van der Waals surface area (Å²) >= 11 is 0. The highest BCUT2D eigenvalue weighted by atomic mass is 16.2. The van der Waals surface area contributed by atoms with Gasteiger partial charge >= 0.3 is 0 Å². The Kier molecular flexibility index (Phi) is 3.87. The number of benzene rings is 1. The molecule has 1 aromatic rings. The third-order valence-electron chi connectivity index (χ3n) is 3.46. The molecule has 1 fully saturated rings. The monoisotopic (exact) mass is 247 g/mol. The Morgan fingerprint density at radius 1 is 1.56 bits per heavy atom. The van der Waals surface area contributed by atoms with Crippen LogP contribution in [0, 0.1) is 0 Å². The minimum Gasteiger partial charge on any atom is -0.399 e. The van der Waals surface area contributed by atoms with Gasteiger partial charge in [-0.3, -0.25) is 9.69 Å². The topological polar surface area (TPSA) is 58.4 Å². The lowest BCUT2D eigenvalue weighted by atomic mass is 10.1. The highest BCUT2D eigenvalue weighted by molar-refractivity contribution is 5.81. The lowest BCUT2D eigenvalue weighted by Gasteiger charge is -2.28. The molecule has 0 heterocycles. The summed E-state index contributed by atoms with van der Waals surface area (Å²) in [5.41, 5.74) is 7.73. The Bertz CT molecular complexity index is 429. The maximum Gasteiger partial charge on any atom is 0.236 e. The van der Waals surface area contributed by atoms with Crippen LogP contribution in [0.25, 0.3) is 0 Å². The first-order valence-corrected chi connectivity index (χ1v) is 6.43. The van der Waals surface area contributed by atoms with E-state index in [-0.39, 0.29) is 11.9 Å². The first-order chi connectivity index (χ1) is 8.61. The van der Waals surface area contributed by atoms with Gasteiger partial charge in [-0.1, -0.05) is 12.1 Å². The molecule has 0 aromatic heterocycles. The minimum absolute atomic E-state index is 0.0748. The number of nitrogens with two attached hydrogens (primary N) is 1. The van der Waals surface area contributed by atoms with E-state index in [1.165, 1.54) is 12.8 Å². The highest BCUT2D eigenvalue weighted by Crippen LogP contribution is 2.30. The maximum atomic E-state index is 11.8. The van der Waals surface area contributed by atoms with Crippen molar-refractivity contribution >= 4 is 11.6 Å². The SMILES string of the molecule is CNC(=O)C(C)N(Cc1cccc(N)c1)C1CC1. The number of nitrogens with zero attached hydrogens (tertiary/aromatic N) is 1. The number of hydrogen-bond donors (Lipinski definition) is 2. The van der Waals surface area contributed by atoms with Crippen molar-refractivity contribution in [1.82, 2.24) is 10.2 Å². The predicted octanol–water partition coefficient (Wildman–Crippen LogP) is 1.37. The molecule has 1 aromatic carbocycles. The third kappa shape index (κ3) is 3.01. The van der Waals surface area contributed by atoms with E-state index in [9.17, 15) is 4.79 Å². The van der Waals surface area contributed by atoms with Gasteiger partial charge in [0.2, 0.25) is 5.91 Å². The van der Waals surface area contributed by atoms with Crippen molar-refractivity contribution in [2.24, 2.45) is 0 Å². The molecule has 1 saturated carbocycles. The molecule has 4 nitrogen and oxygen atoms in total. The van der Waals surface area contributed by atoms with Gasteiger partial charge in [0, 0.05) is 25.3 Å². The quantitative estimate of drug-likeness (QED) is 0.773. The van der Waals surface area contributed by atoms with Gasteiger partial charge in [0.25, 0.3) is 0 Å². The second-order valence-electron chi connectivity index (χ2n) is 4.94. The molecule has 0 radical (unpaired) electrons. The molecule has 1 aliphatic carbocycles. The largest absolute Gasteiger partial charge is 0.399 e. The molecule has 1 unspecified atom stereocenters. The van der Waals surface area contributed by atoms with E-state index in [0.29, 0.717) is 6.04 Å². The molecular weight excluding hydrogens is 226 g/mol. The fraction of sp³-hybridized carbons (Fsp3) is 0.500. The van der Waals surface area contributed by atoms with Gasteiger partial charge in [0.05, 0.1) is 6.04 Å². The normalized spacial score (nSPS) is 16.6. The predicted molar refractivity (Wildman–Crippen MR) is 72.9 cm³/mol. The molecule has 1 atom stereocenters. The zero-order valence-electron chi connectivity index (χ0n) is 11.0. The smallest absolute Gasteiger partial charge is 0.236 e. The van der Waals surface area contributed by atoms with Crippen LogP contribution in [0.2, 0.25) is 0 Å². The number of rotatable bonds is 5. The Labute approximate surface area is 108 Å². The van der Waals surface area contributed by atoms with Crippen molar-refractivity contribution in [3.05, 3.63) is 29.8 Å². The summed E-state index contributed by atoms with van der Waals surface area (Å²) in [6.07, 6.45) is 2.37. The van der Waals surface area contributed by atoms with Crippen LogP contribution in [0.1, 0.15) is 25.3 Å². The molecule has 0 saturated heterocycles. The third-order valence-corrected chi connectivity index (χ3v) is 3.46. The summed E-state index contributed by atoms with van der Waals surface area (Å²) in [5.74, 6) is 0.0748. The molecule has 18 heavy (non-hydrogen) atoms. The van der Waals surface area contributed by atoms with Gasteiger partial charge in [0.1, 0.15) is 0 Å². The second kappa shape index (κ2) is 5.40. The molecule has 3 N–H and O–H groups in total. The number of carbonyl (C=O) groups excluding carboxylic acids is 1. The fourth-order valence-corrected chi connectivity index (χ4v) is 2.25. The highest BCUT2D eigenvalue weighted by Gasteiger charge is 2.34. The number of nitrogen functional groups attached to an aromatic ring is 1. The van der Waals surface area contributed by atoms with Crippen LogP contribution >= 0.6 is 0 Å². The zero-order chi connectivity index (χ0) is 13.1. The van der Waals surface area contributed by atoms with E-state index in [0.717, 1.165) is 17.8 Å². The van der Waals surface area contributed by atoms with Crippen LogP contribution in [-0.2, 0) is 11.3 Å². The zero-order valence-corrected chi connectivity index (χ0v) is 11.0. The van der Waals surface area contributed by atoms with Crippen LogP contribution in [0.4, 0.5) is 5.69 Å². The number of nitrogens with one attached hydrogen (secondary N) is 1. The van der Waals surface area contributed by atoms with Crippen molar-refractivity contribution in [3.63, 3.8) is 0 Å². The van der Waals surface area contributed by atoms with Crippen LogP contribution in [0.3, 0.4) is 0 Å². The van der Waals surface area contributed by atoms with E-state index >= 15 is 0 Å². The summed E-state index contributed by atoms with van der Waals surface area (Å²) in [7, 11) is 1.68. The average molecular weight is 247 g/mol. The number of likely N-dealkylation sites (N-methyl/N-ethyl adjacent to an activating group) is 1. The summed E-state index contributed by atoms with van der Waals surface area (Å²) in [5, 5.41) is 2.72. The van der Waals surface area contributed by atoms with Crippen molar-refractivity contribution < 1.29 is 4.79 Å². The molecule has 0 aliphatic heterocycles. The minimum atomic E-state index is -0.0936. The van der Waals surface area contributed by atoms with Gasteiger partial charge in [-0.15, -0.1) is 0 Å². The summed E-state index contributed by atoms with van der Waals surface area (Å²) in [4.78, 5) is 14.0. The Morgan fingerprint density at radius 3 is 2.83 bits per heavy atom. The second-order valence-corrected chi connectivity index (χ2v) is 4.94. The number of amides is 1. The summed E-state index contributed by atoms with van der Waals surface area (Å²) in [6, 6.07) is 8.32. The lowest BCUT2D eigenvalue weighted by Crippen LogP contribution is -2.44. The first-order valence-electron chi connectivity index (χ1n) is 6.43. The van der Waals surface area contributed by atoms with Crippen LogP contribution in [0.5, 0.6) is 0 Å². The Morgan fingerprint density at radius 2 is 2.28 bits per heavy atom. The molecule has 0 spiro atoms. The first kappa shape index (κ1) is 12.9. The van der Waals surface area contributed by atoms with Gasteiger partial charge in [0.15, 0.2) is 0 Å². The molecule has 4 heteroatoms. The van der Waals surface area contributed by atoms with Gasteiger partial charge < -0.3 is 11.1 Å². The van der Waals surface area contributed by atoms with Crippen LogP contribution in [0.15, 0.2) is 24.3 Å². The van der Waals surface area contributed by atoms with E-state index in [4.69, 9.17) is 5.73 Å².